The first kappa shape index (κ1) is 17.6. The molecule has 3 rings (SSSR count). The number of benzene rings is 1. The van der Waals surface area contributed by atoms with Gasteiger partial charge in [0, 0.05) is 10.5 Å². The largest absolute Gasteiger partial charge is 0.505 e. The number of halogens is 2. The summed E-state index contributed by atoms with van der Waals surface area (Å²) in [4.78, 5) is 3.90. The van der Waals surface area contributed by atoms with E-state index in [0.29, 0.717) is 10.5 Å². The first-order chi connectivity index (χ1) is 11.3. The quantitative estimate of drug-likeness (QED) is 0.754. The Labute approximate surface area is 154 Å². The average molecular weight is 435 g/mol. The number of aromatic hydroxyl groups is 1. The highest BCUT2D eigenvalue weighted by atomic mass is 79.9. The first-order valence-corrected chi connectivity index (χ1v) is 10.2. The standard InChI is InChI=1S/C15H17BrClN3O3S/c1-9-15(18-8-20(9)11-4-2-3-5-11)19-24(22,23)13-7-10(16)6-12(17)14(13)21/h6-8,11,19,21H,2-5H2,1H3. The number of hydrogen-bond acceptors (Lipinski definition) is 4. The van der Waals surface area contributed by atoms with Crippen LogP contribution in [0, 0.1) is 6.92 Å². The number of sulfonamides is 1. The minimum absolute atomic E-state index is 0.0436. The topological polar surface area (TPSA) is 84.2 Å². The molecule has 0 aliphatic heterocycles. The van der Waals surface area contributed by atoms with Crippen molar-refractivity contribution >= 4 is 43.4 Å². The van der Waals surface area contributed by atoms with E-state index in [1.54, 1.807) is 6.33 Å². The Bertz CT molecular complexity index is 876. The van der Waals surface area contributed by atoms with E-state index in [9.17, 15) is 13.5 Å². The second kappa shape index (κ2) is 6.57. The summed E-state index contributed by atoms with van der Waals surface area (Å²) in [5, 5.41) is 9.94. The lowest BCUT2D eigenvalue weighted by Crippen LogP contribution is -2.15. The van der Waals surface area contributed by atoms with Crippen molar-refractivity contribution < 1.29 is 13.5 Å². The smallest absolute Gasteiger partial charge is 0.266 e. The van der Waals surface area contributed by atoms with Crippen LogP contribution >= 0.6 is 27.5 Å². The molecule has 1 aromatic carbocycles. The van der Waals surface area contributed by atoms with Gasteiger partial charge in [-0.2, -0.15) is 0 Å². The molecule has 1 aliphatic carbocycles. The van der Waals surface area contributed by atoms with Crippen LogP contribution in [0.25, 0.3) is 0 Å². The third kappa shape index (κ3) is 3.27. The molecule has 1 heterocycles. The molecular weight excluding hydrogens is 418 g/mol. The van der Waals surface area contributed by atoms with Crippen LogP contribution in [0.1, 0.15) is 37.4 Å². The van der Waals surface area contributed by atoms with Gasteiger partial charge in [-0.25, -0.2) is 13.4 Å². The molecule has 2 N–H and O–H groups in total. The molecule has 0 amide bonds. The van der Waals surface area contributed by atoms with E-state index in [-0.39, 0.29) is 15.7 Å². The lowest BCUT2D eigenvalue weighted by atomic mass is 10.2. The predicted molar refractivity (Wildman–Crippen MR) is 96.1 cm³/mol. The molecule has 0 spiro atoms. The van der Waals surface area contributed by atoms with Crippen molar-refractivity contribution in [2.45, 2.75) is 43.5 Å². The van der Waals surface area contributed by atoms with Crippen LogP contribution in [0.3, 0.4) is 0 Å². The van der Waals surface area contributed by atoms with Gasteiger partial charge in [0.15, 0.2) is 11.6 Å². The number of nitrogens with one attached hydrogen (secondary N) is 1. The molecule has 1 aliphatic rings. The van der Waals surface area contributed by atoms with E-state index in [4.69, 9.17) is 11.6 Å². The van der Waals surface area contributed by atoms with E-state index in [0.717, 1.165) is 18.5 Å². The van der Waals surface area contributed by atoms with Crippen LogP contribution in [0.4, 0.5) is 5.82 Å². The van der Waals surface area contributed by atoms with Crippen LogP contribution in [0.2, 0.25) is 5.02 Å². The van der Waals surface area contributed by atoms with E-state index in [1.807, 2.05) is 11.5 Å². The SMILES string of the molecule is Cc1c(NS(=O)(=O)c2cc(Br)cc(Cl)c2O)ncn1C1CCCC1. The summed E-state index contributed by atoms with van der Waals surface area (Å²) in [5.74, 6) is -0.224. The Hall–Kier alpha value is -1.25. The number of aromatic nitrogens is 2. The molecule has 1 fully saturated rings. The number of rotatable bonds is 4. The van der Waals surface area contributed by atoms with Crippen LogP contribution in [0.5, 0.6) is 5.75 Å². The van der Waals surface area contributed by atoms with Gasteiger partial charge in [0.05, 0.1) is 17.0 Å². The molecule has 6 nitrogen and oxygen atoms in total. The van der Waals surface area contributed by atoms with Crippen molar-refractivity contribution in [3.8, 4) is 5.75 Å². The van der Waals surface area contributed by atoms with Crippen LogP contribution in [-0.2, 0) is 10.0 Å². The van der Waals surface area contributed by atoms with Crippen molar-refractivity contribution in [2.75, 3.05) is 4.72 Å². The van der Waals surface area contributed by atoms with E-state index in [2.05, 4.69) is 25.6 Å². The summed E-state index contributed by atoms with van der Waals surface area (Å²) in [6.45, 7) is 1.83. The zero-order chi connectivity index (χ0) is 17.5. The fourth-order valence-corrected chi connectivity index (χ4v) is 5.23. The van der Waals surface area contributed by atoms with Crippen LogP contribution in [-0.4, -0.2) is 23.1 Å². The van der Waals surface area contributed by atoms with Crippen LogP contribution in [0.15, 0.2) is 27.8 Å². The zero-order valence-electron chi connectivity index (χ0n) is 13.0. The second-order valence-corrected chi connectivity index (χ2v) is 8.84. The third-order valence-corrected chi connectivity index (χ3v) is 6.37. The number of phenolic OH excluding ortho intramolecular Hbond substituents is 1. The van der Waals surface area contributed by atoms with Gasteiger partial charge < -0.3 is 9.67 Å². The van der Waals surface area contributed by atoms with E-state index >= 15 is 0 Å². The Morgan fingerprint density at radius 3 is 2.71 bits per heavy atom. The lowest BCUT2D eigenvalue weighted by molar-refractivity contribution is 0.459. The minimum Gasteiger partial charge on any atom is -0.505 e. The summed E-state index contributed by atoms with van der Waals surface area (Å²) in [6, 6.07) is 3.09. The minimum atomic E-state index is -4.01. The lowest BCUT2D eigenvalue weighted by Gasteiger charge is -2.14. The maximum atomic E-state index is 12.6. The summed E-state index contributed by atoms with van der Waals surface area (Å²) < 4.78 is 30.1. The number of phenols is 1. The van der Waals surface area contributed by atoms with Gasteiger partial charge in [0.1, 0.15) is 4.90 Å². The highest BCUT2D eigenvalue weighted by molar-refractivity contribution is 9.10. The Balaban J connectivity index is 1.93. The maximum absolute atomic E-state index is 12.6. The average Bonchev–Trinajstić information content (AvgIpc) is 3.13. The Morgan fingerprint density at radius 2 is 2.04 bits per heavy atom. The monoisotopic (exact) mass is 433 g/mol. The highest BCUT2D eigenvalue weighted by Crippen LogP contribution is 2.36. The molecule has 9 heteroatoms. The first-order valence-electron chi connectivity index (χ1n) is 7.54. The molecule has 2 aromatic rings. The normalized spacial score (nSPS) is 15.8. The predicted octanol–water partition coefficient (Wildman–Crippen LogP) is 4.23. The van der Waals surface area contributed by atoms with E-state index < -0.39 is 15.8 Å². The summed E-state index contributed by atoms with van der Waals surface area (Å²) in [7, 11) is -4.01. The van der Waals surface area contributed by atoms with Gasteiger partial charge in [-0.3, -0.25) is 4.72 Å². The van der Waals surface area contributed by atoms with Gasteiger partial charge in [-0.1, -0.05) is 40.4 Å². The summed E-state index contributed by atoms with van der Waals surface area (Å²) in [6.07, 6.45) is 6.16. The van der Waals surface area contributed by atoms with Crippen molar-refractivity contribution in [3.05, 3.63) is 33.6 Å². The summed E-state index contributed by atoms with van der Waals surface area (Å²) in [5.41, 5.74) is 0.756. The highest BCUT2D eigenvalue weighted by Gasteiger charge is 2.25. The van der Waals surface area contributed by atoms with Crippen molar-refractivity contribution in [3.63, 3.8) is 0 Å². The molecule has 130 valence electrons. The Kier molecular flexibility index (Phi) is 4.81. The number of anilines is 1. The molecule has 0 unspecified atom stereocenters. The van der Waals surface area contributed by atoms with Gasteiger partial charge in [-0.05, 0) is 31.9 Å². The van der Waals surface area contributed by atoms with Crippen molar-refractivity contribution in [2.24, 2.45) is 0 Å². The van der Waals surface area contributed by atoms with Gasteiger partial charge in [0.2, 0.25) is 0 Å². The van der Waals surface area contributed by atoms with Gasteiger partial charge in [-0.15, -0.1) is 0 Å². The molecular formula is C15H17BrClN3O3S. The van der Waals surface area contributed by atoms with Gasteiger partial charge >= 0.3 is 0 Å². The summed E-state index contributed by atoms with van der Waals surface area (Å²) >= 11 is 9.04. The van der Waals surface area contributed by atoms with Crippen LogP contribution < -0.4 is 4.72 Å². The number of imidazole rings is 1. The maximum Gasteiger partial charge on any atom is 0.266 e. The fraction of sp³-hybridized carbons (Fsp3) is 0.400. The Morgan fingerprint density at radius 1 is 1.38 bits per heavy atom. The second-order valence-electron chi connectivity index (χ2n) is 5.86. The molecule has 1 saturated carbocycles. The van der Waals surface area contributed by atoms with Crippen molar-refractivity contribution in [1.82, 2.24) is 9.55 Å². The number of nitrogens with zero attached hydrogens (tertiary/aromatic N) is 2. The molecule has 0 atom stereocenters. The number of hydrogen-bond donors (Lipinski definition) is 2. The van der Waals surface area contributed by atoms with Crippen molar-refractivity contribution in [1.29, 1.82) is 0 Å². The molecule has 24 heavy (non-hydrogen) atoms. The zero-order valence-corrected chi connectivity index (χ0v) is 16.1. The van der Waals surface area contributed by atoms with Gasteiger partial charge in [0.25, 0.3) is 10.0 Å². The molecule has 0 bridgehead atoms. The van der Waals surface area contributed by atoms with E-state index in [1.165, 1.54) is 25.0 Å². The molecule has 0 saturated heterocycles. The fourth-order valence-electron chi connectivity index (χ4n) is 3.00. The third-order valence-electron chi connectivity index (χ3n) is 4.27. The molecule has 0 radical (unpaired) electrons. The molecule has 1 aromatic heterocycles.